The van der Waals surface area contributed by atoms with E-state index in [9.17, 15) is 13.2 Å². The van der Waals surface area contributed by atoms with E-state index in [1.54, 1.807) is 7.11 Å². The first-order valence-electron chi connectivity index (χ1n) is 5.76. The van der Waals surface area contributed by atoms with Crippen LogP contribution in [0.3, 0.4) is 0 Å². The minimum atomic E-state index is -3.36. The van der Waals surface area contributed by atoms with Crippen LogP contribution < -0.4 is 5.32 Å². The summed E-state index contributed by atoms with van der Waals surface area (Å²) in [5, 5.41) is 3.13. The van der Waals surface area contributed by atoms with Crippen LogP contribution >= 0.6 is 0 Å². The number of hydrogen-bond donors (Lipinski definition) is 1. The van der Waals surface area contributed by atoms with E-state index < -0.39 is 14.7 Å². The molecular weight excluding hydrogens is 244 g/mol. The molecule has 0 aromatic heterocycles. The molecule has 2 saturated heterocycles. The summed E-state index contributed by atoms with van der Waals surface area (Å²) in [7, 11) is -1.81. The van der Waals surface area contributed by atoms with Crippen LogP contribution in [0.5, 0.6) is 0 Å². The lowest BCUT2D eigenvalue weighted by molar-refractivity contribution is -0.131. The fraction of sp³-hybridized carbons (Fsp3) is 0.900. The lowest BCUT2D eigenvalue weighted by Crippen LogP contribution is -2.56. The number of ether oxygens (including phenoxy) is 1. The van der Waals surface area contributed by atoms with Gasteiger partial charge in [-0.2, -0.15) is 0 Å². The van der Waals surface area contributed by atoms with Crippen molar-refractivity contribution in [2.24, 2.45) is 0 Å². The molecule has 0 atom stereocenters. The monoisotopic (exact) mass is 262 g/mol. The summed E-state index contributed by atoms with van der Waals surface area (Å²) in [4.78, 5) is 12.4. The zero-order valence-corrected chi connectivity index (χ0v) is 10.8. The van der Waals surface area contributed by atoms with E-state index in [1.807, 2.05) is 0 Å². The first-order chi connectivity index (χ1) is 8.03. The summed E-state index contributed by atoms with van der Waals surface area (Å²) in [5.41, 5.74) is 0. The lowest BCUT2D eigenvalue weighted by atomic mass is 10.0. The maximum atomic E-state index is 12.2. The zero-order valence-electron chi connectivity index (χ0n) is 9.94. The van der Waals surface area contributed by atoms with Gasteiger partial charge in [-0.25, -0.2) is 8.42 Å². The van der Waals surface area contributed by atoms with Gasteiger partial charge in [0.15, 0.2) is 9.84 Å². The standard InChI is InChI=1S/C10H18N2O4S/c1-16-7-6-12-9(13)8-17(14,15)10(12)2-4-11-5-3-10/h11H,2-8H2,1H3. The van der Waals surface area contributed by atoms with Crippen LogP contribution in [0, 0.1) is 0 Å². The van der Waals surface area contributed by atoms with E-state index in [0.29, 0.717) is 39.1 Å². The molecule has 2 heterocycles. The number of nitrogens with zero attached hydrogens (tertiary/aromatic N) is 1. The molecule has 2 aliphatic rings. The van der Waals surface area contributed by atoms with Crippen molar-refractivity contribution < 1.29 is 17.9 Å². The van der Waals surface area contributed by atoms with Crippen molar-refractivity contribution >= 4 is 15.7 Å². The summed E-state index contributed by atoms with van der Waals surface area (Å²) in [5.74, 6) is -0.638. The van der Waals surface area contributed by atoms with Crippen LogP contribution in [0.25, 0.3) is 0 Å². The Morgan fingerprint density at radius 2 is 2.06 bits per heavy atom. The second-order valence-electron chi connectivity index (χ2n) is 4.49. The third-order valence-electron chi connectivity index (χ3n) is 3.59. The van der Waals surface area contributed by atoms with Crippen molar-refractivity contribution in [1.29, 1.82) is 0 Å². The van der Waals surface area contributed by atoms with Gasteiger partial charge in [0.05, 0.1) is 6.61 Å². The minimum Gasteiger partial charge on any atom is -0.383 e. The van der Waals surface area contributed by atoms with E-state index >= 15 is 0 Å². The number of amides is 1. The maximum Gasteiger partial charge on any atom is 0.239 e. The summed E-state index contributed by atoms with van der Waals surface area (Å²) in [6.45, 7) is 2.00. The highest BCUT2D eigenvalue weighted by Gasteiger charge is 2.57. The topological polar surface area (TPSA) is 75.7 Å². The van der Waals surface area contributed by atoms with Crippen LogP contribution in [0.15, 0.2) is 0 Å². The van der Waals surface area contributed by atoms with Crippen LogP contribution in [0.2, 0.25) is 0 Å². The Hall–Kier alpha value is -0.660. The Morgan fingerprint density at radius 3 is 2.65 bits per heavy atom. The molecule has 0 unspecified atom stereocenters. The number of nitrogens with one attached hydrogen (secondary N) is 1. The van der Waals surface area contributed by atoms with Gasteiger partial charge >= 0.3 is 0 Å². The molecule has 2 aliphatic heterocycles. The number of hydrogen-bond acceptors (Lipinski definition) is 5. The highest BCUT2D eigenvalue weighted by molar-refractivity contribution is 7.93. The number of methoxy groups -OCH3 is 1. The predicted octanol–water partition coefficient (Wildman–Crippen LogP) is -1.03. The summed E-state index contributed by atoms with van der Waals surface area (Å²) >= 11 is 0. The van der Waals surface area contributed by atoms with Gasteiger partial charge in [-0.05, 0) is 25.9 Å². The van der Waals surface area contributed by atoms with E-state index in [2.05, 4.69) is 5.32 Å². The number of sulfone groups is 1. The molecule has 7 heteroatoms. The van der Waals surface area contributed by atoms with Crippen molar-refractivity contribution in [1.82, 2.24) is 10.2 Å². The smallest absolute Gasteiger partial charge is 0.239 e. The van der Waals surface area contributed by atoms with Crippen molar-refractivity contribution in [3.05, 3.63) is 0 Å². The molecule has 2 rings (SSSR count). The van der Waals surface area contributed by atoms with E-state index in [4.69, 9.17) is 4.74 Å². The molecule has 0 aliphatic carbocycles. The van der Waals surface area contributed by atoms with Crippen LogP contribution in [0.4, 0.5) is 0 Å². The van der Waals surface area contributed by atoms with Crippen molar-refractivity contribution in [3.63, 3.8) is 0 Å². The van der Waals surface area contributed by atoms with Crippen molar-refractivity contribution in [3.8, 4) is 0 Å². The molecule has 1 N–H and O–H groups in total. The molecule has 0 aromatic carbocycles. The minimum absolute atomic E-state index is 0.288. The highest BCUT2D eigenvalue weighted by Crippen LogP contribution is 2.37. The van der Waals surface area contributed by atoms with Gasteiger partial charge in [0.25, 0.3) is 0 Å². The Kier molecular flexibility index (Phi) is 3.42. The molecule has 0 saturated carbocycles. The van der Waals surface area contributed by atoms with E-state index in [1.165, 1.54) is 4.90 Å². The Morgan fingerprint density at radius 1 is 1.41 bits per heavy atom. The fourth-order valence-electron chi connectivity index (χ4n) is 2.68. The second kappa shape index (κ2) is 4.55. The van der Waals surface area contributed by atoms with Gasteiger partial charge in [-0.3, -0.25) is 4.79 Å². The van der Waals surface area contributed by atoms with Gasteiger partial charge in [-0.1, -0.05) is 0 Å². The Labute approximate surface area is 101 Å². The third-order valence-corrected chi connectivity index (χ3v) is 6.00. The molecule has 0 bridgehead atoms. The van der Waals surface area contributed by atoms with Crippen LogP contribution in [-0.4, -0.2) is 63.2 Å². The van der Waals surface area contributed by atoms with Crippen molar-refractivity contribution in [2.75, 3.05) is 39.1 Å². The average molecular weight is 262 g/mol. The summed E-state index contributed by atoms with van der Waals surface area (Å²) in [6.07, 6.45) is 0.954. The SMILES string of the molecule is COCCN1C(=O)CS(=O)(=O)C12CCNCC2. The summed E-state index contributed by atoms with van der Waals surface area (Å²) < 4.78 is 29.3. The molecule has 1 amide bonds. The second-order valence-corrected chi connectivity index (χ2v) is 6.77. The maximum absolute atomic E-state index is 12.2. The normalized spacial score (nSPS) is 26.6. The number of carbonyl (C=O) groups is 1. The third kappa shape index (κ3) is 1.96. The summed E-state index contributed by atoms with van der Waals surface area (Å²) in [6, 6.07) is 0. The molecular formula is C10H18N2O4S. The van der Waals surface area contributed by atoms with E-state index in [0.717, 1.165) is 0 Å². The van der Waals surface area contributed by atoms with Crippen LogP contribution in [0.1, 0.15) is 12.8 Å². The number of piperidine rings is 1. The van der Waals surface area contributed by atoms with Crippen LogP contribution in [-0.2, 0) is 19.4 Å². The molecule has 98 valence electrons. The zero-order chi connectivity index (χ0) is 12.5. The van der Waals surface area contributed by atoms with Gasteiger partial charge in [0, 0.05) is 13.7 Å². The molecule has 6 nitrogen and oxygen atoms in total. The largest absolute Gasteiger partial charge is 0.383 e. The van der Waals surface area contributed by atoms with Gasteiger partial charge < -0.3 is 15.0 Å². The highest BCUT2D eigenvalue weighted by atomic mass is 32.2. The quantitative estimate of drug-likeness (QED) is 0.704. The average Bonchev–Trinajstić information content (AvgIpc) is 2.46. The molecule has 1 spiro atoms. The lowest BCUT2D eigenvalue weighted by Gasteiger charge is -2.39. The molecule has 0 radical (unpaired) electrons. The van der Waals surface area contributed by atoms with Gasteiger partial charge in [0.1, 0.15) is 10.6 Å². The van der Waals surface area contributed by atoms with Crippen molar-refractivity contribution in [2.45, 2.75) is 17.7 Å². The first kappa shape index (κ1) is 12.8. The molecule has 2 fully saturated rings. The molecule has 17 heavy (non-hydrogen) atoms. The van der Waals surface area contributed by atoms with Gasteiger partial charge in [-0.15, -0.1) is 0 Å². The number of rotatable bonds is 3. The predicted molar refractivity (Wildman–Crippen MR) is 62.2 cm³/mol. The Bertz CT molecular complexity index is 401. The fourth-order valence-corrected chi connectivity index (χ4v) is 4.78. The molecule has 0 aromatic rings. The number of carbonyl (C=O) groups excluding carboxylic acids is 1. The first-order valence-corrected chi connectivity index (χ1v) is 7.41. The van der Waals surface area contributed by atoms with Gasteiger partial charge in [0.2, 0.25) is 5.91 Å². The van der Waals surface area contributed by atoms with E-state index in [-0.39, 0.29) is 11.7 Å². The Balaban J connectivity index is 2.31.